The summed E-state index contributed by atoms with van der Waals surface area (Å²) in [5.74, 6) is 0.237. The number of anilines is 1. The maximum Gasteiger partial charge on any atom is 0.370 e. The van der Waals surface area contributed by atoms with Crippen molar-refractivity contribution in [3.8, 4) is 11.5 Å². The zero-order valence-corrected chi connectivity index (χ0v) is 15.9. The number of rotatable bonds is 3. The lowest BCUT2D eigenvalue weighted by Gasteiger charge is -2.04. The topological polar surface area (TPSA) is 66.0 Å². The first kappa shape index (κ1) is 17.2. The van der Waals surface area contributed by atoms with Crippen LogP contribution in [0, 0.1) is 0 Å². The summed E-state index contributed by atoms with van der Waals surface area (Å²) < 4.78 is 8.20. The Balaban J connectivity index is 1.73. The number of carbonyl (C=O) groups is 1. The molecule has 0 bridgehead atoms. The van der Waals surface area contributed by atoms with Gasteiger partial charge in [0, 0.05) is 0 Å². The van der Waals surface area contributed by atoms with E-state index in [1.54, 1.807) is 24.3 Å². The highest BCUT2D eigenvalue weighted by Crippen LogP contribution is 2.32. The van der Waals surface area contributed by atoms with E-state index in [1.807, 2.05) is 42.8 Å². The standard InChI is InChI=1S/C20H17N3O3S/c1-12-14(10-13-8-9-16(24)17(11-13)26-3)19(25)23(21-12)20-22(2)15-6-4-5-7-18(15)27-20/h4-11H,1-3H3/p+1. The molecule has 1 aliphatic rings. The van der Waals surface area contributed by atoms with E-state index in [-0.39, 0.29) is 11.7 Å². The molecule has 1 amide bonds. The molecule has 0 atom stereocenters. The number of thiazole rings is 1. The molecule has 136 valence electrons. The molecule has 0 aliphatic carbocycles. The maximum absolute atomic E-state index is 13.0. The summed E-state index contributed by atoms with van der Waals surface area (Å²) in [5.41, 5.74) is 2.97. The van der Waals surface area contributed by atoms with Crippen LogP contribution < -0.4 is 14.3 Å². The molecule has 4 rings (SSSR count). The van der Waals surface area contributed by atoms with Gasteiger partial charge in [-0.1, -0.05) is 23.3 Å². The summed E-state index contributed by atoms with van der Waals surface area (Å²) in [6, 6.07) is 13.0. The predicted molar refractivity (Wildman–Crippen MR) is 106 cm³/mol. The number of aromatic hydroxyl groups is 1. The molecule has 0 saturated heterocycles. The summed E-state index contributed by atoms with van der Waals surface area (Å²) in [4.78, 5) is 13.0. The number of phenolic OH excluding ortho intramolecular Hbond substituents is 1. The number of benzene rings is 2. The summed E-state index contributed by atoms with van der Waals surface area (Å²) >= 11 is 1.52. The molecule has 27 heavy (non-hydrogen) atoms. The van der Waals surface area contributed by atoms with E-state index in [0.717, 1.165) is 20.9 Å². The molecular formula is C20H18N3O3S+. The van der Waals surface area contributed by atoms with Gasteiger partial charge in [-0.05, 0) is 59.2 Å². The Morgan fingerprint density at radius 2 is 2.04 bits per heavy atom. The van der Waals surface area contributed by atoms with Gasteiger partial charge in [-0.2, -0.15) is 0 Å². The highest BCUT2D eigenvalue weighted by molar-refractivity contribution is 7.21. The number of phenols is 1. The first-order chi connectivity index (χ1) is 13.0. The van der Waals surface area contributed by atoms with Crippen molar-refractivity contribution in [2.24, 2.45) is 12.1 Å². The van der Waals surface area contributed by atoms with Crippen LogP contribution in [0.15, 0.2) is 53.1 Å². The van der Waals surface area contributed by atoms with E-state index < -0.39 is 0 Å². The van der Waals surface area contributed by atoms with Crippen molar-refractivity contribution in [2.75, 3.05) is 12.1 Å². The minimum absolute atomic E-state index is 0.0571. The average molecular weight is 380 g/mol. The Labute approximate surface area is 160 Å². The van der Waals surface area contributed by atoms with E-state index in [2.05, 4.69) is 5.10 Å². The van der Waals surface area contributed by atoms with Crippen LogP contribution in [0.2, 0.25) is 0 Å². The number of amides is 1. The second-order valence-electron chi connectivity index (χ2n) is 6.20. The number of para-hydroxylation sites is 1. The Hall–Kier alpha value is -3.19. The molecule has 1 N–H and O–H groups in total. The van der Waals surface area contributed by atoms with E-state index in [0.29, 0.717) is 17.0 Å². The third-order valence-corrected chi connectivity index (χ3v) is 5.67. The summed E-state index contributed by atoms with van der Waals surface area (Å²) in [5, 5.41) is 16.4. The van der Waals surface area contributed by atoms with Crippen molar-refractivity contribution >= 4 is 44.4 Å². The van der Waals surface area contributed by atoms with Gasteiger partial charge in [-0.15, -0.1) is 0 Å². The van der Waals surface area contributed by atoms with Crippen LogP contribution in [-0.4, -0.2) is 23.8 Å². The molecule has 0 radical (unpaired) electrons. The van der Waals surface area contributed by atoms with Crippen molar-refractivity contribution in [1.29, 1.82) is 0 Å². The minimum atomic E-state index is -0.179. The molecule has 0 spiro atoms. The van der Waals surface area contributed by atoms with Crippen LogP contribution in [0.5, 0.6) is 11.5 Å². The van der Waals surface area contributed by atoms with Gasteiger partial charge in [0.1, 0.15) is 5.52 Å². The van der Waals surface area contributed by atoms with Crippen LogP contribution in [0.3, 0.4) is 0 Å². The van der Waals surface area contributed by atoms with Crippen LogP contribution >= 0.6 is 11.3 Å². The number of ether oxygens (including phenoxy) is 1. The second-order valence-corrected chi connectivity index (χ2v) is 7.21. The fraction of sp³-hybridized carbons (Fsp3) is 0.150. The van der Waals surface area contributed by atoms with Gasteiger partial charge < -0.3 is 9.84 Å². The fourth-order valence-corrected chi connectivity index (χ4v) is 4.14. The number of aryl methyl sites for hydroxylation is 1. The third kappa shape index (κ3) is 2.86. The van der Waals surface area contributed by atoms with Gasteiger partial charge in [-0.25, -0.2) is 9.36 Å². The summed E-state index contributed by atoms with van der Waals surface area (Å²) in [6.07, 6.45) is 1.76. The smallest absolute Gasteiger partial charge is 0.370 e. The Bertz CT molecular complexity index is 1130. The van der Waals surface area contributed by atoms with Gasteiger partial charge in [0.2, 0.25) is 0 Å². The lowest BCUT2D eigenvalue weighted by molar-refractivity contribution is -0.627. The second kappa shape index (κ2) is 6.51. The number of hydrogen-bond acceptors (Lipinski definition) is 5. The molecular weight excluding hydrogens is 362 g/mol. The number of hydrogen-bond donors (Lipinski definition) is 1. The quantitative estimate of drug-likeness (QED) is 0.560. The van der Waals surface area contributed by atoms with Gasteiger partial charge in [0.05, 0.1) is 30.1 Å². The van der Waals surface area contributed by atoms with Gasteiger partial charge in [-0.3, -0.25) is 0 Å². The van der Waals surface area contributed by atoms with E-state index in [4.69, 9.17) is 4.74 Å². The van der Waals surface area contributed by atoms with Crippen LogP contribution in [-0.2, 0) is 11.8 Å². The van der Waals surface area contributed by atoms with Crippen molar-refractivity contribution < 1.29 is 19.2 Å². The molecule has 0 saturated carbocycles. The van der Waals surface area contributed by atoms with Crippen LogP contribution in [0.4, 0.5) is 5.13 Å². The predicted octanol–water partition coefficient (Wildman–Crippen LogP) is 3.25. The Morgan fingerprint density at radius 3 is 2.78 bits per heavy atom. The average Bonchev–Trinajstić information content (AvgIpc) is 3.14. The number of fused-ring (bicyclic) bond motifs is 1. The normalized spacial score (nSPS) is 15.7. The molecule has 2 heterocycles. The van der Waals surface area contributed by atoms with E-state index in [1.165, 1.54) is 23.5 Å². The zero-order chi connectivity index (χ0) is 19.1. The van der Waals surface area contributed by atoms with Crippen molar-refractivity contribution in [3.05, 3.63) is 53.6 Å². The summed E-state index contributed by atoms with van der Waals surface area (Å²) in [6.45, 7) is 1.81. The van der Waals surface area contributed by atoms with Gasteiger partial charge in [0.15, 0.2) is 11.5 Å². The van der Waals surface area contributed by atoms with E-state index in [9.17, 15) is 9.90 Å². The minimum Gasteiger partial charge on any atom is -0.504 e. The molecule has 1 aliphatic heterocycles. The molecule has 2 aromatic carbocycles. The molecule has 0 fully saturated rings. The van der Waals surface area contributed by atoms with E-state index >= 15 is 0 Å². The van der Waals surface area contributed by atoms with Gasteiger partial charge in [0.25, 0.3) is 0 Å². The maximum atomic E-state index is 13.0. The molecule has 1 aromatic heterocycles. The SMILES string of the molecule is COc1cc(/C=C2/C(=O)N(c3sc4ccccc4[n+]3C)N=C2C)ccc1O. The van der Waals surface area contributed by atoms with Crippen molar-refractivity contribution in [3.63, 3.8) is 0 Å². The lowest BCUT2D eigenvalue weighted by atomic mass is 10.1. The van der Waals surface area contributed by atoms with Crippen molar-refractivity contribution in [1.82, 2.24) is 0 Å². The fourth-order valence-electron chi connectivity index (χ4n) is 3.04. The largest absolute Gasteiger partial charge is 0.504 e. The third-order valence-electron chi connectivity index (χ3n) is 4.47. The first-order valence-corrected chi connectivity index (χ1v) is 9.17. The van der Waals surface area contributed by atoms with Crippen LogP contribution in [0.25, 0.3) is 16.3 Å². The van der Waals surface area contributed by atoms with Gasteiger partial charge >= 0.3 is 11.0 Å². The lowest BCUT2D eigenvalue weighted by Crippen LogP contribution is -2.36. The highest BCUT2D eigenvalue weighted by Gasteiger charge is 2.39. The van der Waals surface area contributed by atoms with Crippen molar-refractivity contribution in [2.45, 2.75) is 6.92 Å². The zero-order valence-electron chi connectivity index (χ0n) is 15.1. The first-order valence-electron chi connectivity index (χ1n) is 8.36. The highest BCUT2D eigenvalue weighted by atomic mass is 32.1. The molecule has 7 heteroatoms. The Morgan fingerprint density at radius 1 is 1.26 bits per heavy atom. The van der Waals surface area contributed by atoms with Crippen LogP contribution in [0.1, 0.15) is 12.5 Å². The number of aromatic nitrogens is 1. The molecule has 6 nitrogen and oxygen atoms in total. The molecule has 3 aromatic rings. The number of carbonyl (C=O) groups excluding carboxylic acids is 1. The monoisotopic (exact) mass is 380 g/mol. The molecule has 0 unspecified atom stereocenters. The Kier molecular flexibility index (Phi) is 4.16. The number of hydrazone groups is 1. The number of nitrogens with zero attached hydrogens (tertiary/aromatic N) is 3. The summed E-state index contributed by atoms with van der Waals surface area (Å²) in [7, 11) is 3.42. The number of methoxy groups -OCH3 is 1.